The second-order valence-corrected chi connectivity index (χ2v) is 12.0. The van der Waals surface area contributed by atoms with E-state index in [1.807, 2.05) is 0 Å². The summed E-state index contributed by atoms with van der Waals surface area (Å²) >= 11 is -32.7. The van der Waals surface area contributed by atoms with Crippen LogP contribution in [0.25, 0.3) is 0 Å². The van der Waals surface area contributed by atoms with Crippen LogP contribution in [0.15, 0.2) is 0 Å². The summed E-state index contributed by atoms with van der Waals surface area (Å²) < 4.78 is 178. The van der Waals surface area contributed by atoms with Crippen LogP contribution < -0.4 is 0 Å². The average Bonchev–Trinajstić information content (AvgIpc) is 1.19. The van der Waals surface area contributed by atoms with Crippen LogP contribution in [0.5, 0.6) is 0 Å². The zero-order chi connectivity index (χ0) is 19.2. The first-order valence-corrected chi connectivity index (χ1v) is 12.7. The van der Waals surface area contributed by atoms with Crippen molar-refractivity contribution in [1.82, 2.24) is 0 Å². The molecule has 0 aromatic rings. The van der Waals surface area contributed by atoms with Crippen molar-refractivity contribution in [2.24, 2.45) is 0 Å². The molecule has 23 heteroatoms. The van der Waals surface area contributed by atoms with Crippen molar-refractivity contribution >= 4 is 0 Å². The molecular weight excluding hydrogens is 939 g/mol. The summed E-state index contributed by atoms with van der Waals surface area (Å²) in [6.07, 6.45) is 0. The maximum Gasteiger partial charge on any atom is 3.00 e. The number of hydrogen-bond donors (Lipinski definition) is 0. The maximum absolute atomic E-state index is 10.9. The van der Waals surface area contributed by atoms with Crippen molar-refractivity contribution in [3.05, 3.63) is 0 Å². The van der Waals surface area contributed by atoms with Crippen molar-refractivity contribution < 1.29 is 178 Å². The average molecular weight is 939 g/mol. The molecule has 0 atom stereocenters. The van der Waals surface area contributed by atoms with Gasteiger partial charge in [-0.15, -0.1) is 0 Å². The molecule has 0 fully saturated rings. The van der Waals surface area contributed by atoms with Crippen LogP contribution in [0.1, 0.15) is 0 Å². The van der Waals surface area contributed by atoms with Gasteiger partial charge >= 0.3 is 178 Å². The van der Waals surface area contributed by atoms with Gasteiger partial charge in [0.1, 0.15) is 0 Å². The number of halogens is 18. The first-order chi connectivity index (χ1) is 7.35. The smallest absolute Gasteiger partial charge is 3.00 e. The Labute approximate surface area is 175 Å². The van der Waals surface area contributed by atoms with E-state index in [9.17, 15) is 58.0 Å². The van der Waals surface area contributed by atoms with Gasteiger partial charge in [-0.1, -0.05) is 0 Å². The standard InChI is InChI=1S/18FH.2La.3Pd/h18*1H;;;;;/q;;;;;;;;;;;;;;;;;;2*+3;3*+4/p-18. The summed E-state index contributed by atoms with van der Waals surface area (Å²) in [5.74, 6) is 0. The third-order valence-electron chi connectivity index (χ3n) is 0. The molecule has 0 aliphatic heterocycles. The van der Waals surface area contributed by atoms with E-state index in [0.29, 0.717) is 0 Å². The van der Waals surface area contributed by atoms with Gasteiger partial charge in [0, 0.05) is 0 Å². The van der Waals surface area contributed by atoms with E-state index >= 15 is 0 Å². The van der Waals surface area contributed by atoms with Crippen LogP contribution in [0.4, 0.5) is 58.0 Å². The molecule has 0 aromatic carbocycles. The van der Waals surface area contributed by atoms with Crippen molar-refractivity contribution in [2.75, 3.05) is 0 Å². The zero-order valence-corrected chi connectivity index (χ0v) is 20.8. The topological polar surface area (TPSA) is 0 Å². The van der Waals surface area contributed by atoms with Crippen LogP contribution in [-0.4, -0.2) is 0 Å². The second-order valence-electron chi connectivity index (χ2n) is 2.03. The number of hydrogen-bond acceptors (Lipinski definition) is 0. The molecule has 0 nitrogen and oxygen atoms in total. The minimum Gasteiger partial charge on any atom is 3.00 e. The third kappa shape index (κ3) is 1380. The quantitative estimate of drug-likeness (QED) is 0.174. The van der Waals surface area contributed by atoms with Gasteiger partial charge in [-0.25, -0.2) is 0 Å². The fourth-order valence-corrected chi connectivity index (χ4v) is 0. The van der Waals surface area contributed by atoms with E-state index in [1.165, 1.54) is 0 Å². The summed E-state index contributed by atoms with van der Waals surface area (Å²) in [6.45, 7) is 0. The molecule has 0 aliphatic rings. The number of rotatable bonds is 0. The SMILES string of the molecule is [F][Pd-2]([F])([F])([F])([F])[F].[F][Pd-2]([F])([F])([F])([F])[F].[F][Pd-2]([F])([F])([F])([F])[F].[La+3].[La+3]. The second kappa shape index (κ2) is 6.31. The van der Waals surface area contributed by atoms with Gasteiger partial charge < -0.3 is 0 Å². The molecule has 0 saturated heterocycles. The maximum atomic E-state index is 9.89. The van der Waals surface area contributed by atoms with Crippen molar-refractivity contribution in [1.29, 1.82) is 0 Å². The van der Waals surface area contributed by atoms with Gasteiger partial charge in [0.05, 0.1) is 0 Å². The minimum atomic E-state index is -10.9. The Morgan fingerprint density at radius 2 is 0.217 bits per heavy atom. The molecule has 0 N–H and O–H groups in total. The van der Waals surface area contributed by atoms with Crippen LogP contribution in [0, 0.1) is 71.2 Å². The van der Waals surface area contributed by atoms with Gasteiger partial charge in [0.2, 0.25) is 0 Å². The molecule has 0 aliphatic carbocycles. The fourth-order valence-electron chi connectivity index (χ4n) is 0. The Morgan fingerprint density at radius 1 is 0.217 bits per heavy atom. The van der Waals surface area contributed by atoms with E-state index in [1.54, 1.807) is 0 Å². The van der Waals surface area contributed by atoms with E-state index in [2.05, 4.69) is 0 Å². The van der Waals surface area contributed by atoms with Crippen LogP contribution in [0.3, 0.4) is 0 Å². The summed E-state index contributed by atoms with van der Waals surface area (Å²) in [7, 11) is 0. The Kier molecular flexibility index (Phi) is 10.1. The molecule has 0 heterocycles. The van der Waals surface area contributed by atoms with Gasteiger partial charge in [-0.2, -0.15) is 0 Å². The molecule has 23 heavy (non-hydrogen) atoms. The molecular formula is F18La2Pd3. The molecule has 162 valence electrons. The van der Waals surface area contributed by atoms with E-state index < -0.39 is 48.5 Å². The van der Waals surface area contributed by atoms with Gasteiger partial charge in [0.15, 0.2) is 0 Å². The van der Waals surface area contributed by atoms with Gasteiger partial charge in [-0.05, 0) is 0 Å². The first kappa shape index (κ1) is 36.9. The summed E-state index contributed by atoms with van der Waals surface area (Å²) in [5, 5.41) is 0. The van der Waals surface area contributed by atoms with Gasteiger partial charge in [-0.3, -0.25) is 0 Å². The van der Waals surface area contributed by atoms with Gasteiger partial charge in [0.25, 0.3) is 0 Å². The normalized spacial score (nSPS) is 21.1. The van der Waals surface area contributed by atoms with Crippen molar-refractivity contribution in [3.8, 4) is 0 Å². The van der Waals surface area contributed by atoms with Crippen molar-refractivity contribution in [2.45, 2.75) is 0 Å². The van der Waals surface area contributed by atoms with Crippen LogP contribution >= 0.6 is 0 Å². The Balaban J connectivity index is -0.0000000675. The van der Waals surface area contributed by atoms with Crippen LogP contribution in [0.2, 0.25) is 0 Å². The molecule has 0 rings (SSSR count). The molecule has 0 saturated carbocycles. The molecule has 0 aromatic heterocycles. The molecule has 0 bridgehead atoms. The predicted molar refractivity (Wildman–Crippen MR) is 19.9 cm³/mol. The summed E-state index contributed by atoms with van der Waals surface area (Å²) in [4.78, 5) is 0. The Morgan fingerprint density at radius 3 is 0.217 bits per heavy atom. The van der Waals surface area contributed by atoms with Crippen molar-refractivity contribution in [3.63, 3.8) is 0 Å². The van der Waals surface area contributed by atoms with E-state index in [-0.39, 0.29) is 71.2 Å². The molecule has 0 amide bonds. The monoisotopic (exact) mass is 937 g/mol. The zero-order valence-electron chi connectivity index (χ0n) is 8.91. The third-order valence-corrected chi connectivity index (χ3v) is 0. The molecule has 0 spiro atoms. The fraction of sp³-hybridized carbons (Fsp3) is 0. The Bertz CT molecular complexity index is 269. The molecule has 0 radical (unpaired) electrons. The van der Waals surface area contributed by atoms with E-state index in [4.69, 9.17) is 0 Å². The minimum absolute atomic E-state index is 0. The summed E-state index contributed by atoms with van der Waals surface area (Å²) in [5.41, 5.74) is 0. The predicted octanol–water partition coefficient (Wildman–Crippen LogP) is 7.56. The summed E-state index contributed by atoms with van der Waals surface area (Å²) in [6, 6.07) is 0. The molecule has 0 unspecified atom stereocenters. The van der Waals surface area contributed by atoms with Crippen LogP contribution in [-0.2, 0) is 48.5 Å². The van der Waals surface area contributed by atoms with E-state index in [0.717, 1.165) is 0 Å². The Hall–Kier alpha value is 3.12. The first-order valence-electron chi connectivity index (χ1n) is 2.15. The largest absolute Gasteiger partial charge is 3.00 e.